The number of amides is 1. The zero-order valence-electron chi connectivity index (χ0n) is 21.6. The van der Waals surface area contributed by atoms with Gasteiger partial charge in [-0.15, -0.1) is 0 Å². The number of ether oxygens (including phenoxy) is 3. The Morgan fingerprint density at radius 3 is 2.31 bits per heavy atom. The van der Waals surface area contributed by atoms with Gasteiger partial charge in [0.15, 0.2) is 0 Å². The number of carbonyl (C=O) groups is 2. The first-order valence-electron chi connectivity index (χ1n) is 12.1. The van der Waals surface area contributed by atoms with Gasteiger partial charge in [-0.3, -0.25) is 4.79 Å². The molecule has 1 amide bonds. The fourth-order valence-electron chi connectivity index (χ4n) is 4.51. The number of aryl methyl sites for hydroxylation is 2. The largest absolute Gasteiger partial charge is 0.496 e. The molecule has 36 heavy (non-hydrogen) atoms. The summed E-state index contributed by atoms with van der Waals surface area (Å²) in [6.45, 7) is 6.80. The lowest BCUT2D eigenvalue weighted by molar-refractivity contribution is -0.139. The SMILES string of the molecule is CCOCC1=CC(OC)=C(c2ccc(C[C@H](NC(=O)c3c(C)cccc3C)C(=O)O)cc2)C(OC)C1. The van der Waals surface area contributed by atoms with Gasteiger partial charge in [-0.2, -0.15) is 0 Å². The van der Waals surface area contributed by atoms with Gasteiger partial charge in [0.25, 0.3) is 5.91 Å². The third kappa shape index (κ3) is 6.42. The molecule has 3 rings (SSSR count). The second-order valence-electron chi connectivity index (χ2n) is 8.88. The van der Waals surface area contributed by atoms with Gasteiger partial charge in [0.2, 0.25) is 0 Å². The molecule has 2 atom stereocenters. The topological polar surface area (TPSA) is 94.1 Å². The minimum atomic E-state index is -1.08. The van der Waals surface area contributed by atoms with Crippen molar-refractivity contribution in [2.24, 2.45) is 0 Å². The number of methoxy groups -OCH3 is 2. The van der Waals surface area contributed by atoms with Crippen molar-refractivity contribution in [1.82, 2.24) is 5.32 Å². The van der Waals surface area contributed by atoms with Crippen molar-refractivity contribution in [3.05, 3.63) is 87.7 Å². The molecular formula is C29H35NO6. The van der Waals surface area contributed by atoms with E-state index in [0.717, 1.165) is 39.2 Å². The Morgan fingerprint density at radius 1 is 1.08 bits per heavy atom. The summed E-state index contributed by atoms with van der Waals surface area (Å²) < 4.78 is 17.0. The molecule has 0 saturated heterocycles. The van der Waals surface area contributed by atoms with Crippen LogP contribution in [0, 0.1) is 13.8 Å². The second-order valence-corrected chi connectivity index (χ2v) is 8.88. The van der Waals surface area contributed by atoms with Crippen molar-refractivity contribution in [1.29, 1.82) is 0 Å². The maximum Gasteiger partial charge on any atom is 0.326 e. The maximum atomic E-state index is 12.9. The number of allylic oxidation sites excluding steroid dienone is 1. The minimum absolute atomic E-state index is 0.161. The standard InChI is InChI=1S/C29H35NO6/c1-6-36-17-21-15-24(34-4)27(25(16-21)35-5)22-12-10-20(11-13-22)14-23(29(32)33)30-28(31)26-18(2)8-7-9-19(26)3/h7-13,15,23,25H,6,14,16-17H2,1-5H3,(H,30,31)(H,32,33)/t23-,25?/m0/s1. The second kappa shape index (κ2) is 12.5. The quantitative estimate of drug-likeness (QED) is 0.480. The molecule has 0 radical (unpaired) electrons. The van der Waals surface area contributed by atoms with Crippen LogP contribution in [-0.2, 0) is 25.4 Å². The number of hydrogen-bond acceptors (Lipinski definition) is 5. The first kappa shape index (κ1) is 27.2. The summed E-state index contributed by atoms with van der Waals surface area (Å²) in [5.41, 5.74) is 5.89. The van der Waals surface area contributed by atoms with E-state index in [1.54, 1.807) is 14.2 Å². The lowest BCUT2D eigenvalue weighted by Gasteiger charge is -2.27. The van der Waals surface area contributed by atoms with Crippen molar-refractivity contribution in [2.45, 2.75) is 45.8 Å². The first-order chi connectivity index (χ1) is 17.3. The molecule has 0 heterocycles. The van der Waals surface area contributed by atoms with Gasteiger partial charge in [0, 0.05) is 37.7 Å². The lowest BCUT2D eigenvalue weighted by atomic mass is 9.88. The highest BCUT2D eigenvalue weighted by molar-refractivity contribution is 5.99. The van der Waals surface area contributed by atoms with Gasteiger partial charge >= 0.3 is 5.97 Å². The van der Waals surface area contributed by atoms with Crippen LogP contribution in [0.3, 0.4) is 0 Å². The molecule has 192 valence electrons. The predicted octanol–water partition coefficient (Wildman–Crippen LogP) is 4.47. The molecule has 0 aliphatic heterocycles. The van der Waals surface area contributed by atoms with Crippen molar-refractivity contribution >= 4 is 17.4 Å². The van der Waals surface area contributed by atoms with Gasteiger partial charge in [-0.1, -0.05) is 42.5 Å². The van der Waals surface area contributed by atoms with E-state index < -0.39 is 12.0 Å². The Bertz CT molecular complexity index is 1130. The highest BCUT2D eigenvalue weighted by atomic mass is 16.5. The number of benzene rings is 2. The zero-order chi connectivity index (χ0) is 26.2. The number of hydrogen-bond donors (Lipinski definition) is 2. The van der Waals surface area contributed by atoms with Crippen molar-refractivity contribution < 1.29 is 28.9 Å². The Morgan fingerprint density at radius 2 is 1.75 bits per heavy atom. The van der Waals surface area contributed by atoms with Crippen LogP contribution in [0.15, 0.2) is 59.9 Å². The van der Waals surface area contributed by atoms with E-state index in [1.165, 1.54) is 0 Å². The smallest absolute Gasteiger partial charge is 0.326 e. The van der Waals surface area contributed by atoms with Crippen LogP contribution in [0.4, 0.5) is 0 Å². The van der Waals surface area contributed by atoms with Crippen molar-refractivity contribution in [2.75, 3.05) is 27.4 Å². The Balaban J connectivity index is 1.81. The lowest BCUT2D eigenvalue weighted by Crippen LogP contribution is -2.42. The first-order valence-corrected chi connectivity index (χ1v) is 12.1. The summed E-state index contributed by atoms with van der Waals surface area (Å²) in [7, 11) is 3.30. The van der Waals surface area contributed by atoms with E-state index in [0.29, 0.717) is 25.2 Å². The molecule has 2 aromatic rings. The van der Waals surface area contributed by atoms with Crippen LogP contribution >= 0.6 is 0 Å². The minimum Gasteiger partial charge on any atom is -0.496 e. The van der Waals surface area contributed by atoms with Gasteiger partial charge in [-0.25, -0.2) is 4.79 Å². The summed E-state index contributed by atoms with van der Waals surface area (Å²) in [6.07, 6.45) is 2.67. The highest BCUT2D eigenvalue weighted by Crippen LogP contribution is 2.34. The van der Waals surface area contributed by atoms with E-state index in [1.807, 2.05) is 69.3 Å². The Kier molecular flexibility index (Phi) is 9.44. The molecule has 0 spiro atoms. The predicted molar refractivity (Wildman–Crippen MR) is 139 cm³/mol. The molecule has 0 aromatic heterocycles. The average Bonchev–Trinajstić information content (AvgIpc) is 2.86. The molecule has 0 bridgehead atoms. The molecule has 7 heteroatoms. The fourth-order valence-corrected chi connectivity index (χ4v) is 4.51. The van der Waals surface area contributed by atoms with E-state index in [-0.39, 0.29) is 18.4 Å². The summed E-state index contributed by atoms with van der Waals surface area (Å²) in [5, 5.41) is 12.5. The number of nitrogens with one attached hydrogen (secondary N) is 1. The number of aliphatic carboxylic acids is 1. The van der Waals surface area contributed by atoms with E-state index in [2.05, 4.69) is 5.32 Å². The summed E-state index contributed by atoms with van der Waals surface area (Å²) in [6, 6.07) is 12.1. The molecule has 1 aliphatic carbocycles. The van der Waals surface area contributed by atoms with Crippen LogP contribution in [-0.4, -0.2) is 56.6 Å². The molecule has 2 aromatic carbocycles. The van der Waals surface area contributed by atoms with Crippen molar-refractivity contribution in [3.8, 4) is 0 Å². The van der Waals surface area contributed by atoms with Crippen LogP contribution in [0.1, 0.15) is 46.0 Å². The van der Waals surface area contributed by atoms with Crippen LogP contribution in [0.2, 0.25) is 0 Å². The monoisotopic (exact) mass is 493 g/mol. The molecule has 1 aliphatic rings. The molecule has 7 nitrogen and oxygen atoms in total. The summed E-state index contributed by atoms with van der Waals surface area (Å²) in [4.78, 5) is 24.8. The number of carboxylic acids is 1. The average molecular weight is 494 g/mol. The van der Waals surface area contributed by atoms with E-state index in [9.17, 15) is 14.7 Å². The maximum absolute atomic E-state index is 12.9. The third-order valence-corrected chi connectivity index (χ3v) is 6.38. The molecule has 0 fully saturated rings. The third-order valence-electron chi connectivity index (χ3n) is 6.38. The zero-order valence-corrected chi connectivity index (χ0v) is 21.6. The summed E-state index contributed by atoms with van der Waals surface area (Å²) in [5.74, 6) is -0.745. The van der Waals surface area contributed by atoms with Crippen LogP contribution in [0.5, 0.6) is 0 Å². The number of carboxylic acid groups (broad SMARTS) is 1. The van der Waals surface area contributed by atoms with Gasteiger partial charge in [0.05, 0.1) is 19.8 Å². The number of carbonyl (C=O) groups excluding carboxylic acids is 1. The Hall–Kier alpha value is -3.42. The molecular weight excluding hydrogens is 458 g/mol. The van der Waals surface area contributed by atoms with E-state index >= 15 is 0 Å². The normalized spacial score (nSPS) is 16.4. The van der Waals surface area contributed by atoms with Crippen LogP contribution < -0.4 is 5.32 Å². The van der Waals surface area contributed by atoms with Crippen molar-refractivity contribution in [3.63, 3.8) is 0 Å². The summed E-state index contributed by atoms with van der Waals surface area (Å²) >= 11 is 0. The molecule has 0 saturated carbocycles. The van der Waals surface area contributed by atoms with Crippen LogP contribution in [0.25, 0.3) is 5.57 Å². The highest BCUT2D eigenvalue weighted by Gasteiger charge is 2.27. The van der Waals surface area contributed by atoms with E-state index in [4.69, 9.17) is 14.2 Å². The fraction of sp³-hybridized carbons (Fsp3) is 0.379. The van der Waals surface area contributed by atoms with Gasteiger partial charge in [0.1, 0.15) is 11.8 Å². The van der Waals surface area contributed by atoms with Gasteiger partial charge in [-0.05, 0) is 54.7 Å². The number of rotatable bonds is 11. The molecule has 1 unspecified atom stereocenters. The molecule has 2 N–H and O–H groups in total. The van der Waals surface area contributed by atoms with Gasteiger partial charge < -0.3 is 24.6 Å². The Labute approximate surface area is 212 Å².